The van der Waals surface area contributed by atoms with E-state index in [0.717, 1.165) is 25.1 Å². The Balaban J connectivity index is 2.56. The Hall–Kier alpha value is -0.620. The van der Waals surface area contributed by atoms with Gasteiger partial charge in [-0.25, -0.2) is 0 Å². The van der Waals surface area contributed by atoms with Crippen LogP contribution in [0, 0.1) is 0 Å². The fraction of sp³-hybridized carbons (Fsp3) is 0.769. The molecule has 0 saturated carbocycles. The SMILES string of the molecule is CCCn1ncc(Cl)c1C(CCOCCOC)NC. The Morgan fingerprint density at radius 2 is 2.21 bits per heavy atom. The predicted molar refractivity (Wildman–Crippen MR) is 76.6 cm³/mol. The van der Waals surface area contributed by atoms with E-state index in [1.165, 1.54) is 0 Å². The Morgan fingerprint density at radius 3 is 2.84 bits per heavy atom. The number of methoxy groups -OCH3 is 1. The van der Waals surface area contributed by atoms with Gasteiger partial charge < -0.3 is 14.8 Å². The van der Waals surface area contributed by atoms with Crippen molar-refractivity contribution >= 4 is 11.6 Å². The first-order chi connectivity index (χ1) is 9.24. The van der Waals surface area contributed by atoms with Gasteiger partial charge in [0, 0.05) is 20.3 Å². The summed E-state index contributed by atoms with van der Waals surface area (Å²) in [5.74, 6) is 0. The summed E-state index contributed by atoms with van der Waals surface area (Å²) >= 11 is 6.23. The van der Waals surface area contributed by atoms with Crippen LogP contribution in [0.2, 0.25) is 5.02 Å². The molecule has 1 aromatic rings. The lowest BCUT2D eigenvalue weighted by Gasteiger charge is -2.18. The molecule has 0 fully saturated rings. The Kier molecular flexibility index (Phi) is 8.05. The molecule has 1 unspecified atom stereocenters. The zero-order chi connectivity index (χ0) is 14.1. The summed E-state index contributed by atoms with van der Waals surface area (Å²) in [7, 11) is 3.60. The van der Waals surface area contributed by atoms with Crippen LogP contribution in [0.3, 0.4) is 0 Å². The van der Waals surface area contributed by atoms with E-state index in [4.69, 9.17) is 21.1 Å². The van der Waals surface area contributed by atoms with Gasteiger partial charge in [0.25, 0.3) is 0 Å². The van der Waals surface area contributed by atoms with Gasteiger partial charge in [0.2, 0.25) is 0 Å². The summed E-state index contributed by atoms with van der Waals surface area (Å²) in [5, 5.41) is 8.31. The van der Waals surface area contributed by atoms with Crippen LogP contribution in [0.5, 0.6) is 0 Å². The van der Waals surface area contributed by atoms with Crippen molar-refractivity contribution in [3.63, 3.8) is 0 Å². The first-order valence-electron chi connectivity index (χ1n) is 6.69. The Labute approximate surface area is 120 Å². The molecule has 1 aromatic heterocycles. The minimum Gasteiger partial charge on any atom is -0.382 e. The maximum Gasteiger partial charge on any atom is 0.0834 e. The van der Waals surface area contributed by atoms with E-state index in [9.17, 15) is 0 Å². The van der Waals surface area contributed by atoms with E-state index in [1.807, 2.05) is 11.7 Å². The molecule has 0 amide bonds. The summed E-state index contributed by atoms with van der Waals surface area (Å²) in [6, 6.07) is 0.157. The van der Waals surface area contributed by atoms with Gasteiger partial charge in [-0.2, -0.15) is 5.10 Å². The summed E-state index contributed by atoms with van der Waals surface area (Å²) in [5.41, 5.74) is 1.04. The fourth-order valence-corrected chi connectivity index (χ4v) is 2.24. The van der Waals surface area contributed by atoms with Crippen molar-refractivity contribution in [2.45, 2.75) is 32.4 Å². The van der Waals surface area contributed by atoms with Gasteiger partial charge >= 0.3 is 0 Å². The van der Waals surface area contributed by atoms with E-state index in [0.29, 0.717) is 24.8 Å². The maximum atomic E-state index is 6.23. The van der Waals surface area contributed by atoms with Gasteiger partial charge in [-0.3, -0.25) is 4.68 Å². The Morgan fingerprint density at radius 1 is 1.42 bits per heavy atom. The van der Waals surface area contributed by atoms with Gasteiger partial charge in [-0.1, -0.05) is 18.5 Å². The molecule has 0 aromatic carbocycles. The van der Waals surface area contributed by atoms with Crippen LogP contribution in [0.1, 0.15) is 31.5 Å². The third-order valence-electron chi connectivity index (χ3n) is 2.93. The number of ether oxygens (including phenoxy) is 2. The van der Waals surface area contributed by atoms with Crippen LogP contribution in [-0.4, -0.2) is 43.8 Å². The molecule has 19 heavy (non-hydrogen) atoms. The quantitative estimate of drug-likeness (QED) is 0.671. The molecule has 6 heteroatoms. The molecule has 0 aliphatic heterocycles. The highest BCUT2D eigenvalue weighted by molar-refractivity contribution is 6.31. The van der Waals surface area contributed by atoms with Crippen LogP contribution in [0.15, 0.2) is 6.20 Å². The number of aromatic nitrogens is 2. The van der Waals surface area contributed by atoms with Gasteiger partial charge in [-0.15, -0.1) is 0 Å². The topological polar surface area (TPSA) is 48.3 Å². The highest BCUT2D eigenvalue weighted by Gasteiger charge is 2.18. The first kappa shape index (κ1) is 16.4. The highest BCUT2D eigenvalue weighted by Crippen LogP contribution is 2.25. The molecule has 1 atom stereocenters. The van der Waals surface area contributed by atoms with Crippen molar-refractivity contribution < 1.29 is 9.47 Å². The second-order valence-corrected chi connectivity index (χ2v) is 4.74. The summed E-state index contributed by atoms with van der Waals surface area (Å²) in [4.78, 5) is 0. The second-order valence-electron chi connectivity index (χ2n) is 4.34. The molecule has 5 nitrogen and oxygen atoms in total. The van der Waals surface area contributed by atoms with E-state index in [2.05, 4.69) is 17.3 Å². The number of hydrogen-bond acceptors (Lipinski definition) is 4. The molecule has 0 saturated heterocycles. The minimum absolute atomic E-state index is 0.157. The number of halogens is 1. The third kappa shape index (κ3) is 5.10. The van der Waals surface area contributed by atoms with Crippen molar-refractivity contribution in [2.24, 2.45) is 0 Å². The largest absolute Gasteiger partial charge is 0.382 e. The number of hydrogen-bond donors (Lipinski definition) is 1. The van der Waals surface area contributed by atoms with Crippen molar-refractivity contribution in [2.75, 3.05) is 34.0 Å². The number of nitrogens with one attached hydrogen (secondary N) is 1. The lowest BCUT2D eigenvalue weighted by atomic mass is 10.1. The third-order valence-corrected chi connectivity index (χ3v) is 3.22. The van der Waals surface area contributed by atoms with Crippen molar-refractivity contribution in [3.8, 4) is 0 Å². The predicted octanol–water partition coefficient (Wildman–Crippen LogP) is 2.26. The normalized spacial score (nSPS) is 12.8. The van der Waals surface area contributed by atoms with E-state index in [1.54, 1.807) is 13.3 Å². The number of rotatable bonds is 10. The molecule has 1 N–H and O–H groups in total. The van der Waals surface area contributed by atoms with E-state index in [-0.39, 0.29) is 6.04 Å². The molecule has 0 aliphatic carbocycles. The lowest BCUT2D eigenvalue weighted by Crippen LogP contribution is -2.22. The maximum absolute atomic E-state index is 6.23. The van der Waals surface area contributed by atoms with E-state index >= 15 is 0 Å². The van der Waals surface area contributed by atoms with Gasteiger partial charge in [-0.05, 0) is 19.9 Å². The van der Waals surface area contributed by atoms with Crippen LogP contribution >= 0.6 is 11.6 Å². The standard InChI is InChI=1S/C13H24ClN3O2/c1-4-6-17-13(11(14)10-16-17)12(15-2)5-7-19-9-8-18-3/h10,12,15H,4-9H2,1-3H3. The van der Waals surface area contributed by atoms with Crippen molar-refractivity contribution in [3.05, 3.63) is 16.9 Å². The van der Waals surface area contributed by atoms with E-state index < -0.39 is 0 Å². The zero-order valence-electron chi connectivity index (χ0n) is 12.0. The molecule has 1 rings (SSSR count). The van der Waals surface area contributed by atoms with Crippen molar-refractivity contribution in [1.82, 2.24) is 15.1 Å². The molecule has 0 aliphatic rings. The molecular formula is C13H24ClN3O2. The number of aryl methyl sites for hydroxylation is 1. The summed E-state index contributed by atoms with van der Waals surface area (Å²) < 4.78 is 12.4. The molecule has 0 radical (unpaired) electrons. The molecule has 110 valence electrons. The molecular weight excluding hydrogens is 266 g/mol. The number of nitrogens with zero attached hydrogens (tertiary/aromatic N) is 2. The summed E-state index contributed by atoms with van der Waals surface area (Å²) in [6.07, 6.45) is 3.60. The van der Waals surface area contributed by atoms with Gasteiger partial charge in [0.1, 0.15) is 0 Å². The smallest absolute Gasteiger partial charge is 0.0834 e. The second kappa shape index (κ2) is 9.31. The first-order valence-corrected chi connectivity index (χ1v) is 7.07. The molecule has 0 bridgehead atoms. The molecule has 1 heterocycles. The van der Waals surface area contributed by atoms with Crippen LogP contribution in [0.25, 0.3) is 0 Å². The average Bonchev–Trinajstić information content (AvgIpc) is 2.76. The monoisotopic (exact) mass is 289 g/mol. The Bertz CT molecular complexity index is 358. The zero-order valence-corrected chi connectivity index (χ0v) is 12.7. The van der Waals surface area contributed by atoms with Crippen LogP contribution in [0.4, 0.5) is 0 Å². The lowest BCUT2D eigenvalue weighted by molar-refractivity contribution is 0.0657. The fourth-order valence-electron chi connectivity index (χ4n) is 1.97. The molecule has 0 spiro atoms. The summed E-state index contributed by atoms with van der Waals surface area (Å²) in [6.45, 7) is 4.92. The highest BCUT2D eigenvalue weighted by atomic mass is 35.5. The van der Waals surface area contributed by atoms with Crippen LogP contribution < -0.4 is 5.32 Å². The van der Waals surface area contributed by atoms with Gasteiger partial charge in [0.15, 0.2) is 0 Å². The van der Waals surface area contributed by atoms with Gasteiger partial charge in [0.05, 0.1) is 36.2 Å². The van der Waals surface area contributed by atoms with Crippen molar-refractivity contribution in [1.29, 1.82) is 0 Å². The minimum atomic E-state index is 0.157. The van der Waals surface area contributed by atoms with Crippen LogP contribution in [-0.2, 0) is 16.0 Å². The average molecular weight is 290 g/mol.